The SMILES string of the molecule is CCN1CCN(Cc2ccc(CNC(=NC)NCCCOCC3CCOCC3)cc2)CC1.I. The first-order valence-electron chi connectivity index (χ1n) is 12.4. The predicted octanol–water partition coefficient (Wildman–Crippen LogP) is 2.94. The van der Waals surface area contributed by atoms with Crippen LogP contribution < -0.4 is 10.6 Å². The Morgan fingerprint density at radius 3 is 2.36 bits per heavy atom. The van der Waals surface area contributed by atoms with Crippen LogP contribution in [-0.2, 0) is 22.6 Å². The van der Waals surface area contributed by atoms with Crippen molar-refractivity contribution in [2.24, 2.45) is 10.9 Å². The van der Waals surface area contributed by atoms with Gasteiger partial charge in [0.15, 0.2) is 5.96 Å². The Labute approximate surface area is 217 Å². The zero-order valence-corrected chi connectivity index (χ0v) is 22.9. The summed E-state index contributed by atoms with van der Waals surface area (Å²) >= 11 is 0. The van der Waals surface area contributed by atoms with E-state index in [4.69, 9.17) is 9.47 Å². The van der Waals surface area contributed by atoms with E-state index in [9.17, 15) is 0 Å². The Kier molecular flexibility index (Phi) is 14.3. The molecule has 2 N–H and O–H groups in total. The second-order valence-electron chi connectivity index (χ2n) is 8.86. The topological polar surface area (TPSA) is 61.4 Å². The highest BCUT2D eigenvalue weighted by Crippen LogP contribution is 2.14. The van der Waals surface area contributed by atoms with E-state index in [0.717, 1.165) is 77.8 Å². The molecule has 3 rings (SSSR count). The number of aliphatic imine (C=N–C) groups is 1. The Hall–Kier alpha value is -0.940. The largest absolute Gasteiger partial charge is 0.381 e. The molecule has 188 valence electrons. The highest BCUT2D eigenvalue weighted by Gasteiger charge is 2.15. The fourth-order valence-electron chi connectivity index (χ4n) is 4.23. The molecule has 33 heavy (non-hydrogen) atoms. The molecule has 1 aromatic rings. The summed E-state index contributed by atoms with van der Waals surface area (Å²) in [6, 6.07) is 8.97. The van der Waals surface area contributed by atoms with Crippen LogP contribution in [0.15, 0.2) is 29.3 Å². The minimum absolute atomic E-state index is 0. The molecule has 0 spiro atoms. The normalized spacial score (nSPS) is 18.7. The number of nitrogens with zero attached hydrogens (tertiary/aromatic N) is 3. The lowest BCUT2D eigenvalue weighted by Gasteiger charge is -2.34. The second kappa shape index (κ2) is 16.6. The lowest BCUT2D eigenvalue weighted by Crippen LogP contribution is -2.45. The molecule has 2 fully saturated rings. The maximum atomic E-state index is 5.83. The van der Waals surface area contributed by atoms with E-state index in [1.54, 1.807) is 0 Å². The van der Waals surface area contributed by atoms with Crippen molar-refractivity contribution in [2.75, 3.05) is 72.7 Å². The van der Waals surface area contributed by atoms with E-state index in [0.29, 0.717) is 5.92 Å². The Morgan fingerprint density at radius 2 is 1.70 bits per heavy atom. The summed E-state index contributed by atoms with van der Waals surface area (Å²) in [4.78, 5) is 9.41. The van der Waals surface area contributed by atoms with Crippen LogP contribution in [0.1, 0.15) is 37.3 Å². The molecule has 0 radical (unpaired) electrons. The van der Waals surface area contributed by atoms with Gasteiger partial charge in [-0.2, -0.15) is 0 Å². The summed E-state index contributed by atoms with van der Waals surface area (Å²) in [5, 5.41) is 6.79. The number of ether oxygens (including phenoxy) is 2. The smallest absolute Gasteiger partial charge is 0.191 e. The van der Waals surface area contributed by atoms with Gasteiger partial charge in [-0.3, -0.25) is 9.89 Å². The van der Waals surface area contributed by atoms with Gasteiger partial charge in [-0.1, -0.05) is 31.2 Å². The minimum Gasteiger partial charge on any atom is -0.381 e. The number of piperazine rings is 1. The predicted molar refractivity (Wildman–Crippen MR) is 146 cm³/mol. The van der Waals surface area contributed by atoms with E-state index in [1.807, 2.05) is 7.05 Å². The van der Waals surface area contributed by atoms with Crippen molar-refractivity contribution in [3.05, 3.63) is 35.4 Å². The molecule has 1 aromatic carbocycles. The van der Waals surface area contributed by atoms with Crippen molar-refractivity contribution in [1.29, 1.82) is 0 Å². The van der Waals surface area contributed by atoms with Gasteiger partial charge in [0.25, 0.3) is 0 Å². The number of hydrogen-bond acceptors (Lipinski definition) is 5. The van der Waals surface area contributed by atoms with Crippen molar-refractivity contribution >= 4 is 29.9 Å². The minimum atomic E-state index is 0. The molecule has 0 unspecified atom stereocenters. The molecule has 0 amide bonds. The molecular formula is C25H44IN5O2. The molecule has 2 saturated heterocycles. The van der Waals surface area contributed by atoms with Gasteiger partial charge in [0.1, 0.15) is 0 Å². The lowest BCUT2D eigenvalue weighted by molar-refractivity contribution is 0.0203. The third kappa shape index (κ3) is 10.9. The van der Waals surface area contributed by atoms with Gasteiger partial charge in [0.2, 0.25) is 0 Å². The van der Waals surface area contributed by atoms with Crippen molar-refractivity contribution in [1.82, 2.24) is 20.4 Å². The Bertz CT molecular complexity index is 659. The summed E-state index contributed by atoms with van der Waals surface area (Å²) in [7, 11) is 1.82. The van der Waals surface area contributed by atoms with Crippen LogP contribution in [0.3, 0.4) is 0 Å². The summed E-state index contributed by atoms with van der Waals surface area (Å²) in [5.74, 6) is 1.51. The monoisotopic (exact) mass is 573 g/mol. The van der Waals surface area contributed by atoms with Gasteiger partial charge in [-0.25, -0.2) is 0 Å². The molecular weight excluding hydrogens is 529 g/mol. The van der Waals surface area contributed by atoms with Crippen molar-refractivity contribution < 1.29 is 9.47 Å². The van der Waals surface area contributed by atoms with Gasteiger partial charge in [0.05, 0.1) is 0 Å². The van der Waals surface area contributed by atoms with Crippen LogP contribution in [0.25, 0.3) is 0 Å². The van der Waals surface area contributed by atoms with E-state index in [2.05, 4.69) is 56.6 Å². The number of hydrogen-bond donors (Lipinski definition) is 2. The third-order valence-electron chi connectivity index (χ3n) is 6.48. The van der Waals surface area contributed by atoms with Crippen LogP contribution in [0, 0.1) is 5.92 Å². The number of likely N-dealkylation sites (N-methyl/N-ethyl adjacent to an activating group) is 1. The molecule has 0 saturated carbocycles. The molecule has 0 atom stereocenters. The average Bonchev–Trinajstić information content (AvgIpc) is 2.85. The van der Waals surface area contributed by atoms with Crippen molar-refractivity contribution in [3.8, 4) is 0 Å². The molecule has 7 nitrogen and oxygen atoms in total. The van der Waals surface area contributed by atoms with Gasteiger partial charge in [-0.05, 0) is 42.9 Å². The first-order chi connectivity index (χ1) is 15.8. The van der Waals surface area contributed by atoms with E-state index < -0.39 is 0 Å². The first kappa shape index (κ1) is 28.3. The Balaban J connectivity index is 0.00000385. The Morgan fingerprint density at radius 1 is 1.03 bits per heavy atom. The van der Waals surface area contributed by atoms with Crippen LogP contribution in [0.2, 0.25) is 0 Å². The summed E-state index contributed by atoms with van der Waals surface area (Å²) in [5.41, 5.74) is 2.66. The lowest BCUT2D eigenvalue weighted by atomic mass is 10.0. The quantitative estimate of drug-likeness (QED) is 0.184. The fourth-order valence-corrected chi connectivity index (χ4v) is 4.23. The van der Waals surface area contributed by atoms with Gasteiger partial charge < -0.3 is 25.0 Å². The van der Waals surface area contributed by atoms with E-state index >= 15 is 0 Å². The average molecular weight is 574 g/mol. The number of rotatable bonds is 11. The van der Waals surface area contributed by atoms with Gasteiger partial charge in [-0.15, -0.1) is 24.0 Å². The van der Waals surface area contributed by atoms with Crippen LogP contribution in [-0.4, -0.2) is 88.5 Å². The molecule has 0 aromatic heterocycles. The molecule has 2 aliphatic heterocycles. The molecule has 8 heteroatoms. The third-order valence-corrected chi connectivity index (χ3v) is 6.48. The standard InChI is InChI=1S/C25H43N5O2.HI/c1-3-29-12-14-30(15-13-29)20-23-7-5-22(6-8-23)19-28-25(26-2)27-11-4-16-32-21-24-9-17-31-18-10-24;/h5-8,24H,3-4,9-21H2,1-2H3,(H2,26,27,28);1H. The van der Waals surface area contributed by atoms with Crippen LogP contribution in [0.4, 0.5) is 0 Å². The van der Waals surface area contributed by atoms with Gasteiger partial charge in [0, 0.05) is 79.3 Å². The summed E-state index contributed by atoms with van der Waals surface area (Å²) in [6.45, 7) is 14.2. The number of benzene rings is 1. The maximum Gasteiger partial charge on any atom is 0.191 e. The molecule has 0 bridgehead atoms. The van der Waals surface area contributed by atoms with Crippen molar-refractivity contribution in [3.63, 3.8) is 0 Å². The summed E-state index contributed by atoms with van der Waals surface area (Å²) < 4.78 is 11.2. The zero-order valence-electron chi connectivity index (χ0n) is 20.6. The molecule has 2 aliphatic rings. The highest BCUT2D eigenvalue weighted by atomic mass is 127. The number of guanidine groups is 1. The second-order valence-corrected chi connectivity index (χ2v) is 8.86. The highest BCUT2D eigenvalue weighted by molar-refractivity contribution is 14.0. The maximum absolute atomic E-state index is 5.83. The van der Waals surface area contributed by atoms with Gasteiger partial charge >= 0.3 is 0 Å². The first-order valence-corrected chi connectivity index (χ1v) is 12.4. The van der Waals surface area contributed by atoms with E-state index in [1.165, 1.54) is 37.3 Å². The van der Waals surface area contributed by atoms with Crippen LogP contribution in [0.5, 0.6) is 0 Å². The van der Waals surface area contributed by atoms with E-state index in [-0.39, 0.29) is 24.0 Å². The van der Waals surface area contributed by atoms with Crippen LogP contribution >= 0.6 is 24.0 Å². The molecule has 2 heterocycles. The molecule has 0 aliphatic carbocycles. The fraction of sp³-hybridized carbons (Fsp3) is 0.720. The number of halogens is 1. The van der Waals surface area contributed by atoms with Crippen molar-refractivity contribution in [2.45, 2.75) is 39.3 Å². The summed E-state index contributed by atoms with van der Waals surface area (Å²) in [6.07, 6.45) is 3.24. The zero-order chi connectivity index (χ0) is 22.4. The number of nitrogens with one attached hydrogen (secondary N) is 2.